The molecule has 0 amide bonds. The van der Waals surface area contributed by atoms with Crippen LogP contribution in [0.4, 0.5) is 0 Å². The number of rotatable bonds is 3. The number of carboxylic acid groups (broad SMARTS) is 1. The van der Waals surface area contributed by atoms with Gasteiger partial charge < -0.3 is 5.11 Å². The summed E-state index contributed by atoms with van der Waals surface area (Å²) in [7, 11) is 0. The number of benzene rings is 2. The van der Waals surface area contributed by atoms with E-state index >= 15 is 0 Å². The lowest BCUT2D eigenvalue weighted by atomic mass is 10.1. The highest BCUT2D eigenvalue weighted by molar-refractivity contribution is 6.35. The standard InChI is InChI=1S/C16H11ClN2O4/c17-12-6-2-5-11-13(12)19(16(23)18-14(11)20)8-9-3-1-4-10(7-9)15(21)22/h1-7H,8H2,(H,21,22)(H,18,20,23). The SMILES string of the molecule is O=C(O)c1cccc(Cn2c(=O)[nH]c(=O)c3cccc(Cl)c32)c1. The van der Waals surface area contributed by atoms with Crippen molar-refractivity contribution in [1.29, 1.82) is 0 Å². The van der Waals surface area contributed by atoms with Crippen LogP contribution >= 0.6 is 11.6 Å². The molecule has 7 heteroatoms. The summed E-state index contributed by atoms with van der Waals surface area (Å²) in [6.07, 6.45) is 0. The molecule has 0 saturated carbocycles. The average molecular weight is 331 g/mol. The molecule has 23 heavy (non-hydrogen) atoms. The third kappa shape index (κ3) is 2.76. The van der Waals surface area contributed by atoms with Crippen molar-refractivity contribution >= 4 is 28.5 Å². The molecular formula is C16H11ClN2O4. The Morgan fingerprint density at radius 2 is 1.91 bits per heavy atom. The van der Waals surface area contributed by atoms with Gasteiger partial charge in [-0.25, -0.2) is 9.59 Å². The summed E-state index contributed by atoms with van der Waals surface area (Å²) in [5.74, 6) is -1.05. The molecule has 0 aliphatic heterocycles. The van der Waals surface area contributed by atoms with Crippen molar-refractivity contribution in [2.45, 2.75) is 6.54 Å². The van der Waals surface area contributed by atoms with Crippen molar-refractivity contribution in [3.8, 4) is 0 Å². The molecular weight excluding hydrogens is 320 g/mol. The Kier molecular flexibility index (Phi) is 3.75. The molecule has 0 atom stereocenters. The van der Waals surface area contributed by atoms with E-state index in [4.69, 9.17) is 16.7 Å². The van der Waals surface area contributed by atoms with E-state index in [-0.39, 0.29) is 17.1 Å². The molecule has 3 rings (SSSR count). The van der Waals surface area contributed by atoms with Crippen LogP contribution in [0.25, 0.3) is 10.9 Å². The monoisotopic (exact) mass is 330 g/mol. The number of nitrogens with one attached hydrogen (secondary N) is 1. The molecule has 3 aromatic rings. The van der Waals surface area contributed by atoms with Crippen molar-refractivity contribution in [1.82, 2.24) is 9.55 Å². The first kappa shape index (κ1) is 15.1. The fraction of sp³-hybridized carbons (Fsp3) is 0.0625. The maximum atomic E-state index is 12.2. The molecule has 2 aromatic carbocycles. The highest BCUT2D eigenvalue weighted by atomic mass is 35.5. The number of carboxylic acids is 1. The molecule has 2 N–H and O–H groups in total. The summed E-state index contributed by atoms with van der Waals surface area (Å²) < 4.78 is 1.32. The Morgan fingerprint density at radius 1 is 1.17 bits per heavy atom. The molecule has 0 bridgehead atoms. The van der Waals surface area contributed by atoms with Gasteiger partial charge in [-0.15, -0.1) is 0 Å². The van der Waals surface area contributed by atoms with Gasteiger partial charge in [-0.3, -0.25) is 14.3 Å². The lowest BCUT2D eigenvalue weighted by Crippen LogP contribution is -2.30. The summed E-state index contributed by atoms with van der Waals surface area (Å²) in [5, 5.41) is 9.62. The maximum Gasteiger partial charge on any atom is 0.335 e. The van der Waals surface area contributed by atoms with E-state index in [1.54, 1.807) is 30.3 Å². The van der Waals surface area contributed by atoms with Crippen molar-refractivity contribution in [3.05, 3.63) is 79.5 Å². The number of halogens is 1. The molecule has 0 aliphatic rings. The number of fused-ring (bicyclic) bond motifs is 1. The van der Waals surface area contributed by atoms with Crippen molar-refractivity contribution in [2.24, 2.45) is 0 Å². The second kappa shape index (κ2) is 5.73. The Hall–Kier alpha value is -2.86. The van der Waals surface area contributed by atoms with Crippen LogP contribution in [0.3, 0.4) is 0 Å². The van der Waals surface area contributed by atoms with Crippen LogP contribution < -0.4 is 11.2 Å². The Labute approximate surface area is 134 Å². The van der Waals surface area contributed by atoms with Crippen LogP contribution in [-0.2, 0) is 6.54 Å². The first-order chi connectivity index (χ1) is 11.0. The van der Waals surface area contributed by atoms with Crippen LogP contribution in [-0.4, -0.2) is 20.6 Å². The number of para-hydroxylation sites is 1. The van der Waals surface area contributed by atoms with Gasteiger partial charge in [0.15, 0.2) is 0 Å². The van der Waals surface area contributed by atoms with Crippen LogP contribution in [0.5, 0.6) is 0 Å². The van der Waals surface area contributed by atoms with Crippen LogP contribution in [0.1, 0.15) is 15.9 Å². The number of H-pyrrole nitrogens is 1. The van der Waals surface area contributed by atoms with Crippen molar-refractivity contribution in [3.63, 3.8) is 0 Å². The summed E-state index contributed by atoms with van der Waals surface area (Å²) in [6.45, 7) is 0.0942. The number of hydrogen-bond donors (Lipinski definition) is 2. The molecule has 0 radical (unpaired) electrons. The summed E-state index contributed by atoms with van der Waals surface area (Å²) >= 11 is 6.15. The second-order valence-electron chi connectivity index (χ2n) is 4.99. The Morgan fingerprint density at radius 3 is 2.65 bits per heavy atom. The van der Waals surface area contributed by atoms with Crippen molar-refractivity contribution < 1.29 is 9.90 Å². The molecule has 1 heterocycles. The van der Waals surface area contributed by atoms with E-state index in [1.165, 1.54) is 16.7 Å². The number of aromatic amines is 1. The first-order valence-corrected chi connectivity index (χ1v) is 7.09. The van der Waals surface area contributed by atoms with Gasteiger partial charge in [-0.1, -0.05) is 29.8 Å². The zero-order chi connectivity index (χ0) is 16.6. The molecule has 0 spiro atoms. The Bertz CT molecular complexity index is 1040. The first-order valence-electron chi connectivity index (χ1n) is 6.71. The lowest BCUT2D eigenvalue weighted by molar-refractivity contribution is 0.0696. The Balaban J connectivity index is 2.21. The quantitative estimate of drug-likeness (QED) is 0.769. The van der Waals surface area contributed by atoms with E-state index in [2.05, 4.69) is 4.98 Å². The van der Waals surface area contributed by atoms with Crippen molar-refractivity contribution in [2.75, 3.05) is 0 Å². The highest BCUT2D eigenvalue weighted by Crippen LogP contribution is 2.20. The van der Waals surface area contributed by atoms with Crippen LogP contribution in [0.15, 0.2) is 52.1 Å². The number of aromatic carboxylic acids is 1. The summed E-state index contributed by atoms with van der Waals surface area (Å²) in [4.78, 5) is 37.3. The van der Waals surface area contributed by atoms with Crippen LogP contribution in [0, 0.1) is 0 Å². The fourth-order valence-corrected chi connectivity index (χ4v) is 2.72. The second-order valence-corrected chi connectivity index (χ2v) is 5.39. The minimum Gasteiger partial charge on any atom is -0.478 e. The fourth-order valence-electron chi connectivity index (χ4n) is 2.44. The third-order valence-corrected chi connectivity index (χ3v) is 3.79. The smallest absolute Gasteiger partial charge is 0.335 e. The van der Waals surface area contributed by atoms with Gasteiger partial charge in [-0.05, 0) is 29.8 Å². The predicted molar refractivity (Wildman–Crippen MR) is 86.3 cm³/mol. The van der Waals surface area contributed by atoms with Gasteiger partial charge in [0.05, 0.1) is 28.0 Å². The van der Waals surface area contributed by atoms with Gasteiger partial charge in [0, 0.05) is 0 Å². The average Bonchev–Trinajstić information content (AvgIpc) is 2.52. The highest BCUT2D eigenvalue weighted by Gasteiger charge is 2.12. The van der Waals surface area contributed by atoms with Gasteiger partial charge in [0.1, 0.15) is 0 Å². The maximum absolute atomic E-state index is 12.2. The minimum absolute atomic E-state index is 0.0942. The molecule has 0 aliphatic carbocycles. The van der Waals surface area contributed by atoms with Crippen LogP contribution in [0.2, 0.25) is 5.02 Å². The number of nitrogens with zero attached hydrogens (tertiary/aromatic N) is 1. The van der Waals surface area contributed by atoms with E-state index in [0.717, 1.165) is 0 Å². The minimum atomic E-state index is -1.05. The molecule has 0 fully saturated rings. The molecule has 116 valence electrons. The zero-order valence-corrected chi connectivity index (χ0v) is 12.5. The molecule has 0 unspecified atom stereocenters. The normalized spacial score (nSPS) is 10.8. The third-order valence-electron chi connectivity index (χ3n) is 3.48. The van der Waals surface area contributed by atoms with Gasteiger partial charge in [0.25, 0.3) is 5.56 Å². The number of carbonyl (C=O) groups is 1. The largest absolute Gasteiger partial charge is 0.478 e. The van der Waals surface area contributed by atoms with E-state index in [1.807, 2.05) is 0 Å². The lowest BCUT2D eigenvalue weighted by Gasteiger charge is -2.11. The van der Waals surface area contributed by atoms with Gasteiger partial charge in [0.2, 0.25) is 0 Å². The molecule has 6 nitrogen and oxygen atoms in total. The van der Waals surface area contributed by atoms with Gasteiger partial charge in [-0.2, -0.15) is 0 Å². The predicted octanol–water partition coefficient (Wildman–Crippen LogP) is 2.09. The summed E-state index contributed by atoms with van der Waals surface area (Å²) in [6, 6.07) is 11.0. The molecule has 0 saturated heterocycles. The van der Waals surface area contributed by atoms with E-state index in [9.17, 15) is 14.4 Å². The number of hydrogen-bond acceptors (Lipinski definition) is 3. The van der Waals surface area contributed by atoms with E-state index < -0.39 is 17.2 Å². The number of aromatic nitrogens is 2. The zero-order valence-electron chi connectivity index (χ0n) is 11.7. The topological polar surface area (TPSA) is 92.2 Å². The summed E-state index contributed by atoms with van der Waals surface area (Å²) in [5.41, 5.74) is -0.0568. The van der Waals surface area contributed by atoms with E-state index in [0.29, 0.717) is 16.5 Å². The molecule has 1 aromatic heterocycles. The van der Waals surface area contributed by atoms with Gasteiger partial charge >= 0.3 is 11.7 Å².